The Kier molecular flexibility index (Phi) is 26.6. The molecule has 1 rings (SSSR count). The molecule has 1 saturated heterocycles. The molecule has 4 unspecified atom stereocenters. The van der Waals surface area contributed by atoms with Crippen molar-refractivity contribution in [1.29, 1.82) is 0 Å². The third kappa shape index (κ3) is 17.2. The van der Waals surface area contributed by atoms with Gasteiger partial charge in [0.25, 0.3) is 0 Å². The van der Waals surface area contributed by atoms with Gasteiger partial charge in [0.1, 0.15) is 25.2 Å². The van der Waals surface area contributed by atoms with E-state index >= 15 is 0 Å². The molecule has 1 aliphatic heterocycles. The first kappa shape index (κ1) is 39.5. The SMILES string of the molecule is CCCCCCCCCCCC[N+]1(C)CC(C)[N+](C)(CCCCCCCCCCCC)CC1C.[I-].[I-]. The van der Waals surface area contributed by atoms with E-state index in [0.717, 1.165) is 12.1 Å². The van der Waals surface area contributed by atoms with Gasteiger partial charge in [-0.1, -0.05) is 117 Å². The molecule has 1 aliphatic rings. The van der Waals surface area contributed by atoms with Crippen molar-refractivity contribution < 1.29 is 56.9 Å². The minimum Gasteiger partial charge on any atom is -1.00 e. The number of halogens is 2. The van der Waals surface area contributed by atoms with E-state index < -0.39 is 0 Å². The quantitative estimate of drug-likeness (QED) is 0.0909. The van der Waals surface area contributed by atoms with Gasteiger partial charge in [-0.15, -0.1) is 0 Å². The number of quaternary nitrogens is 2. The molecule has 0 aromatic heterocycles. The van der Waals surface area contributed by atoms with Crippen LogP contribution >= 0.6 is 0 Å². The van der Waals surface area contributed by atoms with Gasteiger partial charge in [-0.3, -0.25) is 0 Å². The molecule has 4 heteroatoms. The largest absolute Gasteiger partial charge is 1.00 e. The molecule has 0 saturated carbocycles. The second-order valence-electron chi connectivity index (χ2n) is 12.8. The highest BCUT2D eigenvalue weighted by atomic mass is 127. The summed E-state index contributed by atoms with van der Waals surface area (Å²) >= 11 is 0. The van der Waals surface area contributed by atoms with Gasteiger partial charge < -0.3 is 56.9 Å². The molecular formula is C32H68I2N2. The van der Waals surface area contributed by atoms with Crippen LogP contribution in [0.3, 0.4) is 0 Å². The van der Waals surface area contributed by atoms with Gasteiger partial charge in [-0.05, 0) is 39.5 Å². The fraction of sp³-hybridized carbons (Fsp3) is 1.00. The summed E-state index contributed by atoms with van der Waals surface area (Å²) in [6, 6.07) is 1.62. The number of nitrogens with zero attached hydrogens (tertiary/aromatic N) is 2. The van der Waals surface area contributed by atoms with Crippen LogP contribution in [-0.4, -0.2) is 61.3 Å². The first-order valence-corrected chi connectivity index (χ1v) is 16.1. The first-order valence-electron chi connectivity index (χ1n) is 16.1. The zero-order chi connectivity index (χ0) is 25.1. The van der Waals surface area contributed by atoms with E-state index in [2.05, 4.69) is 41.8 Å². The van der Waals surface area contributed by atoms with E-state index in [9.17, 15) is 0 Å². The molecule has 2 nitrogen and oxygen atoms in total. The number of hydrogen-bond acceptors (Lipinski definition) is 0. The first-order chi connectivity index (χ1) is 16.4. The number of unbranched alkanes of at least 4 members (excludes halogenated alkanes) is 18. The van der Waals surface area contributed by atoms with Crippen molar-refractivity contribution in [3.8, 4) is 0 Å². The van der Waals surface area contributed by atoms with Gasteiger partial charge in [-0.2, -0.15) is 0 Å². The maximum absolute atomic E-state index is 2.57. The Morgan fingerprint density at radius 2 is 0.639 bits per heavy atom. The molecule has 0 aromatic rings. The molecule has 0 aromatic carbocycles. The Hall–Kier alpha value is 1.38. The highest BCUT2D eigenvalue weighted by Crippen LogP contribution is 2.28. The molecule has 0 amide bonds. The number of piperazine rings is 1. The van der Waals surface area contributed by atoms with Crippen LogP contribution in [0.15, 0.2) is 0 Å². The second kappa shape index (κ2) is 24.2. The summed E-state index contributed by atoms with van der Waals surface area (Å²) in [5.41, 5.74) is 0. The Morgan fingerprint density at radius 3 is 0.889 bits per heavy atom. The monoisotopic (exact) mass is 734 g/mol. The highest BCUT2D eigenvalue weighted by Gasteiger charge is 2.46. The Morgan fingerprint density at radius 1 is 0.417 bits per heavy atom. The zero-order valence-corrected chi connectivity index (χ0v) is 30.1. The van der Waals surface area contributed by atoms with Crippen LogP contribution in [0.1, 0.15) is 156 Å². The fourth-order valence-electron chi connectivity index (χ4n) is 6.51. The predicted octanol–water partition coefficient (Wildman–Crippen LogP) is 3.52. The van der Waals surface area contributed by atoms with Crippen molar-refractivity contribution in [2.24, 2.45) is 0 Å². The average molecular weight is 735 g/mol. The van der Waals surface area contributed by atoms with Crippen LogP contribution < -0.4 is 48.0 Å². The van der Waals surface area contributed by atoms with Gasteiger partial charge in [-0.25, -0.2) is 0 Å². The van der Waals surface area contributed by atoms with E-state index in [-0.39, 0.29) is 48.0 Å². The summed E-state index contributed by atoms with van der Waals surface area (Å²) in [6.45, 7) is 15.3. The molecular weight excluding hydrogens is 666 g/mol. The lowest BCUT2D eigenvalue weighted by Crippen LogP contribution is -3.00. The van der Waals surface area contributed by atoms with Crippen LogP contribution in [0.25, 0.3) is 0 Å². The van der Waals surface area contributed by atoms with Crippen LogP contribution in [0.5, 0.6) is 0 Å². The molecule has 0 bridgehead atoms. The maximum Gasteiger partial charge on any atom is 0.136 e. The maximum atomic E-state index is 2.57. The predicted molar refractivity (Wildman–Crippen MR) is 154 cm³/mol. The molecule has 0 spiro atoms. The minimum atomic E-state index is 0. The molecule has 0 N–H and O–H groups in total. The molecule has 1 fully saturated rings. The summed E-state index contributed by atoms with van der Waals surface area (Å²) in [5.74, 6) is 0. The van der Waals surface area contributed by atoms with Gasteiger partial charge in [0.2, 0.25) is 0 Å². The van der Waals surface area contributed by atoms with Crippen molar-refractivity contribution in [3.05, 3.63) is 0 Å². The van der Waals surface area contributed by atoms with Gasteiger partial charge in [0.05, 0.1) is 27.2 Å². The second-order valence-corrected chi connectivity index (χ2v) is 12.8. The summed E-state index contributed by atoms with van der Waals surface area (Å²) in [4.78, 5) is 0. The van der Waals surface area contributed by atoms with Crippen molar-refractivity contribution in [2.75, 3.05) is 40.3 Å². The molecule has 0 aliphatic carbocycles. The van der Waals surface area contributed by atoms with E-state index in [1.165, 1.54) is 164 Å². The van der Waals surface area contributed by atoms with Gasteiger partial charge in [0, 0.05) is 0 Å². The van der Waals surface area contributed by atoms with Crippen LogP contribution in [0.2, 0.25) is 0 Å². The number of likely N-dealkylation sites (N-methyl/N-ethyl adjacent to an activating group) is 2. The lowest BCUT2D eigenvalue weighted by atomic mass is 9.99. The van der Waals surface area contributed by atoms with Crippen molar-refractivity contribution >= 4 is 0 Å². The van der Waals surface area contributed by atoms with Crippen LogP contribution in [0, 0.1) is 0 Å². The minimum absolute atomic E-state index is 0. The third-order valence-corrected chi connectivity index (χ3v) is 9.54. The van der Waals surface area contributed by atoms with Gasteiger partial charge >= 0.3 is 0 Å². The lowest BCUT2D eigenvalue weighted by Gasteiger charge is -2.54. The Labute approximate surface area is 263 Å². The average Bonchev–Trinajstić information content (AvgIpc) is 2.80. The van der Waals surface area contributed by atoms with Crippen LogP contribution in [0.4, 0.5) is 0 Å². The summed E-state index contributed by atoms with van der Waals surface area (Å²) < 4.78 is 2.65. The van der Waals surface area contributed by atoms with E-state index in [1.54, 1.807) is 0 Å². The van der Waals surface area contributed by atoms with Gasteiger partial charge in [0.15, 0.2) is 0 Å². The Bertz CT molecular complexity index is 433. The summed E-state index contributed by atoms with van der Waals surface area (Å²) in [5, 5.41) is 0. The molecule has 4 atom stereocenters. The smallest absolute Gasteiger partial charge is 0.136 e. The van der Waals surface area contributed by atoms with Crippen molar-refractivity contribution in [1.82, 2.24) is 0 Å². The van der Waals surface area contributed by atoms with Crippen LogP contribution in [-0.2, 0) is 0 Å². The standard InChI is InChI=1S/C32H68N2.2HI/c1-7-9-11-13-15-17-19-21-23-25-27-33(5)29-32(4)34(6,30-31(33)3)28-26-24-22-20-18-16-14-12-10-8-2;;/h31-32H,7-30H2,1-6H3;2*1H/q+2;;/p-2. The number of hydrogen-bond donors (Lipinski definition) is 0. The third-order valence-electron chi connectivity index (χ3n) is 9.54. The van der Waals surface area contributed by atoms with E-state index in [0.29, 0.717) is 0 Å². The van der Waals surface area contributed by atoms with Crippen molar-refractivity contribution in [3.63, 3.8) is 0 Å². The summed E-state index contributed by atoms with van der Waals surface area (Å²) in [7, 11) is 5.14. The molecule has 0 radical (unpaired) electrons. The Balaban J connectivity index is 0. The molecule has 36 heavy (non-hydrogen) atoms. The van der Waals surface area contributed by atoms with Crippen molar-refractivity contribution in [2.45, 2.75) is 168 Å². The topological polar surface area (TPSA) is 0 Å². The number of rotatable bonds is 22. The molecule has 1 heterocycles. The summed E-state index contributed by atoms with van der Waals surface area (Å²) in [6.07, 6.45) is 29.0. The molecule has 220 valence electrons. The zero-order valence-electron chi connectivity index (χ0n) is 25.8. The normalized spacial score (nSPS) is 25.8. The van der Waals surface area contributed by atoms with E-state index in [4.69, 9.17) is 0 Å². The van der Waals surface area contributed by atoms with E-state index in [1.807, 2.05) is 0 Å². The fourth-order valence-corrected chi connectivity index (χ4v) is 6.51. The highest BCUT2D eigenvalue weighted by molar-refractivity contribution is 4.66. The lowest BCUT2D eigenvalue weighted by molar-refractivity contribution is -1.05.